The first-order valence-electron chi connectivity index (χ1n) is 4.59. The van der Waals surface area contributed by atoms with E-state index in [0.717, 1.165) is 0 Å². The lowest BCUT2D eigenvalue weighted by Gasteiger charge is -2.10. The van der Waals surface area contributed by atoms with Gasteiger partial charge in [0.15, 0.2) is 5.16 Å². The molecule has 6 heteroatoms. The third-order valence-corrected chi connectivity index (χ3v) is 2.54. The fourth-order valence-electron chi connectivity index (χ4n) is 0.922. The summed E-state index contributed by atoms with van der Waals surface area (Å²) in [5.41, 5.74) is 0. The molecule has 1 aromatic heterocycles. The fourth-order valence-corrected chi connectivity index (χ4v) is 1.53. The third-order valence-electron chi connectivity index (χ3n) is 1.80. The predicted molar refractivity (Wildman–Crippen MR) is 63.6 cm³/mol. The maximum Gasteiger partial charge on any atom is 0.190 e. The summed E-state index contributed by atoms with van der Waals surface area (Å²) in [7, 11) is 0. The Balaban J connectivity index is 2.64. The van der Waals surface area contributed by atoms with Crippen molar-refractivity contribution < 1.29 is 5.11 Å². The van der Waals surface area contributed by atoms with Crippen molar-refractivity contribution in [1.82, 2.24) is 9.97 Å². The van der Waals surface area contributed by atoms with Crippen LogP contribution in [0, 0.1) is 5.92 Å². The highest BCUT2D eigenvalue weighted by Crippen LogP contribution is 2.17. The zero-order chi connectivity index (χ0) is 11.3. The van der Waals surface area contributed by atoms with E-state index in [0.29, 0.717) is 22.7 Å². The van der Waals surface area contributed by atoms with Crippen molar-refractivity contribution in [2.24, 2.45) is 5.92 Å². The van der Waals surface area contributed by atoms with Gasteiger partial charge in [0.2, 0.25) is 0 Å². The van der Waals surface area contributed by atoms with Crippen molar-refractivity contribution in [1.29, 1.82) is 0 Å². The molecular formula is C9H14ClN3OS. The molecule has 4 nitrogen and oxygen atoms in total. The SMILES string of the molecule is CSc1nc(Cl)cc(NCC(C)CO)n1. The van der Waals surface area contributed by atoms with Gasteiger partial charge in [-0.1, -0.05) is 30.3 Å². The van der Waals surface area contributed by atoms with E-state index in [1.807, 2.05) is 13.2 Å². The molecule has 0 aromatic carbocycles. The van der Waals surface area contributed by atoms with E-state index in [2.05, 4.69) is 15.3 Å². The summed E-state index contributed by atoms with van der Waals surface area (Å²) in [5, 5.41) is 13.0. The van der Waals surface area contributed by atoms with Gasteiger partial charge in [-0.05, 0) is 12.2 Å². The Kier molecular flexibility index (Phi) is 5.14. The largest absolute Gasteiger partial charge is 0.396 e. The molecule has 1 rings (SSSR count). The van der Waals surface area contributed by atoms with Crippen LogP contribution in [0.3, 0.4) is 0 Å². The van der Waals surface area contributed by atoms with Crippen molar-refractivity contribution in [2.75, 3.05) is 24.7 Å². The number of aliphatic hydroxyl groups excluding tert-OH is 1. The van der Waals surface area contributed by atoms with Gasteiger partial charge in [0.1, 0.15) is 11.0 Å². The molecule has 1 heterocycles. The highest BCUT2D eigenvalue weighted by atomic mass is 35.5. The Hall–Kier alpha value is -0.520. The fraction of sp³-hybridized carbons (Fsp3) is 0.556. The normalized spacial score (nSPS) is 12.5. The molecular weight excluding hydrogens is 234 g/mol. The highest BCUT2D eigenvalue weighted by Gasteiger charge is 2.04. The second-order valence-electron chi connectivity index (χ2n) is 3.23. The first-order chi connectivity index (χ1) is 7.15. The summed E-state index contributed by atoms with van der Waals surface area (Å²) < 4.78 is 0. The Bertz CT molecular complexity index is 324. The molecule has 0 spiro atoms. The molecule has 0 fully saturated rings. The molecule has 0 saturated carbocycles. The van der Waals surface area contributed by atoms with Crippen molar-refractivity contribution in [3.63, 3.8) is 0 Å². The average molecular weight is 248 g/mol. The van der Waals surface area contributed by atoms with E-state index in [1.165, 1.54) is 11.8 Å². The van der Waals surface area contributed by atoms with E-state index < -0.39 is 0 Å². The molecule has 84 valence electrons. The molecule has 0 bridgehead atoms. The van der Waals surface area contributed by atoms with Gasteiger partial charge in [0.05, 0.1) is 0 Å². The molecule has 1 unspecified atom stereocenters. The zero-order valence-electron chi connectivity index (χ0n) is 8.70. The summed E-state index contributed by atoms with van der Waals surface area (Å²) in [5.74, 6) is 0.885. The molecule has 0 aliphatic heterocycles. The number of aromatic nitrogens is 2. The van der Waals surface area contributed by atoms with Crippen molar-refractivity contribution >= 4 is 29.2 Å². The van der Waals surface area contributed by atoms with Gasteiger partial charge >= 0.3 is 0 Å². The number of rotatable bonds is 5. The smallest absolute Gasteiger partial charge is 0.190 e. The summed E-state index contributed by atoms with van der Waals surface area (Å²) in [6.45, 7) is 2.77. The maximum atomic E-state index is 8.87. The number of nitrogens with one attached hydrogen (secondary N) is 1. The summed E-state index contributed by atoms with van der Waals surface area (Å²) in [6.07, 6.45) is 1.89. The van der Waals surface area contributed by atoms with Gasteiger partial charge in [-0.15, -0.1) is 0 Å². The van der Waals surface area contributed by atoms with Crippen molar-refractivity contribution in [3.8, 4) is 0 Å². The summed E-state index contributed by atoms with van der Waals surface area (Å²) in [4.78, 5) is 8.26. The Labute approximate surface area is 98.5 Å². The van der Waals surface area contributed by atoms with Crippen LogP contribution in [0.2, 0.25) is 5.15 Å². The van der Waals surface area contributed by atoms with Crippen molar-refractivity contribution in [2.45, 2.75) is 12.1 Å². The minimum Gasteiger partial charge on any atom is -0.396 e. The second kappa shape index (κ2) is 6.15. The summed E-state index contributed by atoms with van der Waals surface area (Å²) in [6, 6.07) is 1.67. The van der Waals surface area contributed by atoms with Gasteiger partial charge in [-0.3, -0.25) is 0 Å². The topological polar surface area (TPSA) is 58.0 Å². The van der Waals surface area contributed by atoms with E-state index in [1.54, 1.807) is 6.07 Å². The van der Waals surface area contributed by atoms with E-state index >= 15 is 0 Å². The standard InChI is InChI=1S/C9H14ClN3OS/c1-6(5-14)4-11-8-3-7(10)12-9(13-8)15-2/h3,6,14H,4-5H2,1-2H3,(H,11,12,13). The number of halogens is 1. The zero-order valence-corrected chi connectivity index (χ0v) is 10.3. The molecule has 0 aliphatic rings. The van der Waals surface area contributed by atoms with E-state index in [-0.39, 0.29) is 12.5 Å². The number of aliphatic hydroxyl groups is 1. The quantitative estimate of drug-likeness (QED) is 0.473. The van der Waals surface area contributed by atoms with Gasteiger partial charge in [0, 0.05) is 19.2 Å². The molecule has 0 amide bonds. The minimum atomic E-state index is 0.154. The van der Waals surface area contributed by atoms with Gasteiger partial charge in [-0.2, -0.15) is 0 Å². The van der Waals surface area contributed by atoms with E-state index in [9.17, 15) is 0 Å². The third kappa shape index (κ3) is 4.24. The number of nitrogens with zero attached hydrogens (tertiary/aromatic N) is 2. The molecule has 1 aromatic rings. The first kappa shape index (κ1) is 12.5. The molecule has 15 heavy (non-hydrogen) atoms. The number of anilines is 1. The lowest BCUT2D eigenvalue weighted by molar-refractivity contribution is 0.244. The number of thioether (sulfide) groups is 1. The maximum absolute atomic E-state index is 8.87. The van der Waals surface area contributed by atoms with Crippen LogP contribution in [0.4, 0.5) is 5.82 Å². The van der Waals surface area contributed by atoms with Gasteiger partial charge < -0.3 is 10.4 Å². The highest BCUT2D eigenvalue weighted by molar-refractivity contribution is 7.98. The molecule has 0 saturated heterocycles. The first-order valence-corrected chi connectivity index (χ1v) is 6.19. The summed E-state index contributed by atoms with van der Waals surface area (Å²) >= 11 is 7.27. The van der Waals surface area contributed by atoms with Crippen LogP contribution in [0.5, 0.6) is 0 Å². The monoisotopic (exact) mass is 247 g/mol. The van der Waals surface area contributed by atoms with Crippen LogP contribution < -0.4 is 5.32 Å². The van der Waals surface area contributed by atoms with Crippen molar-refractivity contribution in [3.05, 3.63) is 11.2 Å². The number of hydrogen-bond acceptors (Lipinski definition) is 5. The molecule has 2 N–H and O–H groups in total. The Morgan fingerprint density at radius 3 is 2.93 bits per heavy atom. The second-order valence-corrected chi connectivity index (χ2v) is 4.39. The van der Waals surface area contributed by atoms with Crippen LogP contribution in [-0.4, -0.2) is 34.5 Å². The molecule has 0 radical (unpaired) electrons. The van der Waals surface area contributed by atoms with E-state index in [4.69, 9.17) is 16.7 Å². The molecule has 0 aliphatic carbocycles. The minimum absolute atomic E-state index is 0.154. The Morgan fingerprint density at radius 1 is 1.60 bits per heavy atom. The van der Waals surface area contributed by atoms with Crippen LogP contribution in [0.25, 0.3) is 0 Å². The van der Waals surface area contributed by atoms with Crippen LogP contribution in [0.1, 0.15) is 6.92 Å². The van der Waals surface area contributed by atoms with Gasteiger partial charge in [-0.25, -0.2) is 9.97 Å². The Morgan fingerprint density at radius 2 is 2.33 bits per heavy atom. The van der Waals surface area contributed by atoms with Crippen LogP contribution in [-0.2, 0) is 0 Å². The van der Waals surface area contributed by atoms with Crippen LogP contribution >= 0.6 is 23.4 Å². The molecule has 1 atom stereocenters. The lowest BCUT2D eigenvalue weighted by atomic mass is 10.2. The van der Waals surface area contributed by atoms with Crippen LogP contribution in [0.15, 0.2) is 11.2 Å². The average Bonchev–Trinajstić information content (AvgIpc) is 2.25. The van der Waals surface area contributed by atoms with Gasteiger partial charge in [0.25, 0.3) is 0 Å². The number of hydrogen-bond donors (Lipinski definition) is 2. The lowest BCUT2D eigenvalue weighted by Crippen LogP contribution is -2.15. The predicted octanol–water partition coefficient (Wildman–Crippen LogP) is 1.89.